The molecule has 2 rings (SSSR count). The maximum Gasteiger partial charge on any atom is 0.226 e. The van der Waals surface area contributed by atoms with Crippen molar-refractivity contribution in [3.63, 3.8) is 0 Å². The number of aliphatic hydroxyl groups is 1. The smallest absolute Gasteiger partial charge is 0.226 e. The summed E-state index contributed by atoms with van der Waals surface area (Å²) in [6, 6.07) is 7.80. The molecule has 2 aromatic rings. The van der Waals surface area contributed by atoms with Crippen LogP contribution in [0.2, 0.25) is 0 Å². The van der Waals surface area contributed by atoms with E-state index in [0.29, 0.717) is 12.8 Å². The molecule has 0 unspecified atom stereocenters. The van der Waals surface area contributed by atoms with Crippen LogP contribution in [-0.4, -0.2) is 40.6 Å². The number of H-pyrrole nitrogens is 1. The van der Waals surface area contributed by atoms with Gasteiger partial charge in [-0.15, -0.1) is 0 Å². The average molecular weight is 528 g/mol. The maximum atomic E-state index is 12.8. The molecular formula is C32H53N3O3. The van der Waals surface area contributed by atoms with Gasteiger partial charge in [0.05, 0.1) is 12.5 Å². The van der Waals surface area contributed by atoms with Crippen LogP contribution in [0.15, 0.2) is 30.5 Å². The predicted molar refractivity (Wildman–Crippen MR) is 158 cm³/mol. The van der Waals surface area contributed by atoms with E-state index in [-0.39, 0.29) is 12.3 Å². The van der Waals surface area contributed by atoms with Crippen molar-refractivity contribution < 1.29 is 14.7 Å². The first-order chi connectivity index (χ1) is 18.5. The number of nitrogens with one attached hydrogen (secondary N) is 3. The van der Waals surface area contributed by atoms with Crippen LogP contribution in [0.25, 0.3) is 10.9 Å². The van der Waals surface area contributed by atoms with Crippen LogP contribution in [0, 0.1) is 0 Å². The molecule has 214 valence electrons. The molecule has 0 saturated heterocycles. The lowest BCUT2D eigenvalue weighted by molar-refractivity contribution is -0.131. The number of benzene rings is 1. The molecule has 0 saturated carbocycles. The Morgan fingerprint density at radius 2 is 1.42 bits per heavy atom. The van der Waals surface area contributed by atoms with Crippen LogP contribution >= 0.6 is 0 Å². The van der Waals surface area contributed by atoms with Crippen molar-refractivity contribution in [1.29, 1.82) is 0 Å². The summed E-state index contributed by atoms with van der Waals surface area (Å²) in [7, 11) is 0. The summed E-state index contributed by atoms with van der Waals surface area (Å²) in [6.45, 7) is 4.36. The van der Waals surface area contributed by atoms with E-state index < -0.39 is 11.8 Å². The van der Waals surface area contributed by atoms with Gasteiger partial charge in [-0.1, -0.05) is 121 Å². The zero-order valence-electron chi connectivity index (χ0n) is 24.0. The third kappa shape index (κ3) is 11.7. The fourth-order valence-corrected chi connectivity index (χ4v) is 5.16. The van der Waals surface area contributed by atoms with E-state index in [1.165, 1.54) is 96.8 Å². The molecule has 0 bridgehead atoms. The molecule has 0 aliphatic rings. The van der Waals surface area contributed by atoms with Crippen molar-refractivity contribution in [2.24, 2.45) is 0 Å². The minimum absolute atomic E-state index is 0.132. The highest BCUT2D eigenvalue weighted by atomic mass is 16.3. The van der Waals surface area contributed by atoms with Crippen LogP contribution in [0.3, 0.4) is 0 Å². The Hall–Kier alpha value is -2.18. The molecule has 0 aliphatic heterocycles. The van der Waals surface area contributed by atoms with Gasteiger partial charge in [0, 0.05) is 17.1 Å². The van der Waals surface area contributed by atoms with Gasteiger partial charge in [0.15, 0.2) is 11.9 Å². The first kappa shape index (κ1) is 32.0. The molecule has 6 nitrogen and oxygen atoms in total. The van der Waals surface area contributed by atoms with Crippen molar-refractivity contribution in [2.45, 2.75) is 135 Å². The van der Waals surface area contributed by atoms with E-state index in [1.807, 2.05) is 30.5 Å². The monoisotopic (exact) mass is 527 g/mol. The largest absolute Gasteiger partial charge is 0.389 e. The summed E-state index contributed by atoms with van der Waals surface area (Å²) in [5, 5.41) is 17.2. The molecule has 0 radical (unpaired) electrons. The Morgan fingerprint density at radius 3 is 1.95 bits per heavy atom. The standard InChI is InChI=1S/C32H53N3O3/c1-3-4-5-6-7-8-9-10-11-12-13-14-15-16-17-20-23-34-32(26-36,27(2)37)35-31(38)24-28-25-33-30-22-19-18-21-29(28)30/h18-19,21-22,25-27,33-34,37H,3-17,20,23-24H2,1-2H3,(H,35,38)/t27-,32-/m1/s1. The summed E-state index contributed by atoms with van der Waals surface area (Å²) in [5.41, 5.74) is 0.356. The summed E-state index contributed by atoms with van der Waals surface area (Å²) < 4.78 is 0. The lowest BCUT2D eigenvalue weighted by Crippen LogP contribution is -2.66. The zero-order valence-corrected chi connectivity index (χ0v) is 24.0. The highest BCUT2D eigenvalue weighted by molar-refractivity contribution is 5.90. The van der Waals surface area contributed by atoms with Gasteiger partial charge < -0.3 is 15.4 Å². The molecule has 0 fully saturated rings. The van der Waals surface area contributed by atoms with Crippen molar-refractivity contribution >= 4 is 23.1 Å². The Kier molecular flexibility index (Phi) is 16.0. The zero-order chi connectivity index (χ0) is 27.5. The molecule has 1 aromatic carbocycles. The third-order valence-corrected chi connectivity index (χ3v) is 7.66. The molecule has 2 atom stereocenters. The Labute approximate surface area is 230 Å². The van der Waals surface area contributed by atoms with Gasteiger partial charge in [-0.05, 0) is 31.5 Å². The number of hydrogen-bond acceptors (Lipinski definition) is 4. The van der Waals surface area contributed by atoms with Gasteiger partial charge in [-0.3, -0.25) is 14.9 Å². The van der Waals surface area contributed by atoms with E-state index in [9.17, 15) is 14.7 Å². The maximum absolute atomic E-state index is 12.8. The molecule has 38 heavy (non-hydrogen) atoms. The number of amides is 1. The number of aromatic nitrogens is 1. The Balaban J connectivity index is 1.55. The summed E-state index contributed by atoms with van der Waals surface area (Å²) in [5.74, 6) is -0.303. The number of hydrogen-bond donors (Lipinski definition) is 4. The Morgan fingerprint density at radius 1 is 0.895 bits per heavy atom. The van der Waals surface area contributed by atoms with Crippen LogP contribution in [0.1, 0.15) is 122 Å². The number of aliphatic hydroxyl groups excluding tert-OH is 1. The second kappa shape index (κ2) is 19.0. The fourth-order valence-electron chi connectivity index (χ4n) is 5.16. The minimum atomic E-state index is -1.47. The predicted octanol–water partition coefficient (Wildman–Crippen LogP) is 6.95. The van der Waals surface area contributed by atoms with E-state index >= 15 is 0 Å². The minimum Gasteiger partial charge on any atom is -0.389 e. The molecule has 6 heteroatoms. The number of unbranched alkanes of at least 4 members (excludes halogenated alkanes) is 15. The summed E-state index contributed by atoms with van der Waals surface area (Å²) in [4.78, 5) is 27.9. The van der Waals surface area contributed by atoms with Crippen LogP contribution < -0.4 is 10.6 Å². The highest BCUT2D eigenvalue weighted by Gasteiger charge is 2.36. The molecule has 0 spiro atoms. The van der Waals surface area contributed by atoms with Crippen LogP contribution in [0.4, 0.5) is 0 Å². The van der Waals surface area contributed by atoms with Gasteiger partial charge in [-0.2, -0.15) is 0 Å². The van der Waals surface area contributed by atoms with E-state index in [0.717, 1.165) is 29.3 Å². The highest BCUT2D eigenvalue weighted by Crippen LogP contribution is 2.19. The number of carbonyl (C=O) groups is 2. The quantitative estimate of drug-likeness (QED) is 0.0714. The van der Waals surface area contributed by atoms with Gasteiger partial charge in [0.25, 0.3) is 0 Å². The van der Waals surface area contributed by atoms with Gasteiger partial charge in [0.2, 0.25) is 5.91 Å². The van der Waals surface area contributed by atoms with Crippen LogP contribution in [0.5, 0.6) is 0 Å². The number of aldehydes is 1. The van der Waals surface area contributed by atoms with E-state index in [2.05, 4.69) is 22.5 Å². The summed E-state index contributed by atoms with van der Waals surface area (Å²) >= 11 is 0. The SMILES string of the molecule is CCCCCCCCCCCCCCCCCCN[C@](C=O)(NC(=O)Cc1c[nH]c2ccccc12)[C@@H](C)O. The number of para-hydroxylation sites is 1. The lowest BCUT2D eigenvalue weighted by Gasteiger charge is -2.33. The van der Waals surface area contributed by atoms with E-state index in [1.54, 1.807) is 0 Å². The molecular weight excluding hydrogens is 474 g/mol. The second-order valence-electron chi connectivity index (χ2n) is 11.0. The average Bonchev–Trinajstić information content (AvgIpc) is 3.32. The molecule has 1 heterocycles. The van der Waals surface area contributed by atoms with Gasteiger partial charge >= 0.3 is 0 Å². The number of carbonyl (C=O) groups excluding carboxylic acids is 2. The first-order valence-electron chi connectivity index (χ1n) is 15.3. The van der Waals surface area contributed by atoms with Crippen molar-refractivity contribution in [1.82, 2.24) is 15.6 Å². The Bertz CT molecular complexity index is 910. The number of fused-ring (bicyclic) bond motifs is 1. The molecule has 1 aromatic heterocycles. The second-order valence-corrected chi connectivity index (χ2v) is 11.0. The van der Waals surface area contributed by atoms with Crippen molar-refractivity contribution in [2.75, 3.05) is 6.54 Å². The molecule has 0 aliphatic carbocycles. The normalized spacial score (nSPS) is 13.9. The molecule has 4 N–H and O–H groups in total. The van der Waals surface area contributed by atoms with Crippen LogP contribution in [-0.2, 0) is 16.0 Å². The van der Waals surface area contributed by atoms with E-state index in [4.69, 9.17) is 0 Å². The number of rotatable bonds is 23. The van der Waals surface area contributed by atoms with Gasteiger partial charge in [-0.25, -0.2) is 0 Å². The summed E-state index contributed by atoms with van der Waals surface area (Å²) in [6.07, 6.45) is 22.4. The number of aromatic amines is 1. The van der Waals surface area contributed by atoms with Crippen molar-refractivity contribution in [3.05, 3.63) is 36.0 Å². The van der Waals surface area contributed by atoms with Crippen molar-refractivity contribution in [3.8, 4) is 0 Å². The fraction of sp³-hybridized carbons (Fsp3) is 0.688. The molecule has 1 amide bonds. The first-order valence-corrected chi connectivity index (χ1v) is 15.3. The lowest BCUT2D eigenvalue weighted by atomic mass is 10.0. The topological polar surface area (TPSA) is 94.2 Å². The third-order valence-electron chi connectivity index (χ3n) is 7.66. The van der Waals surface area contributed by atoms with Gasteiger partial charge in [0.1, 0.15) is 0 Å².